The predicted molar refractivity (Wildman–Crippen MR) is 60.8 cm³/mol. The molecule has 3 heteroatoms. The second-order valence-electron chi connectivity index (χ2n) is 4.28. The van der Waals surface area contributed by atoms with Gasteiger partial charge >= 0.3 is 5.97 Å². The number of nitrogens with one attached hydrogen (secondary N) is 1. The van der Waals surface area contributed by atoms with Gasteiger partial charge in [0.1, 0.15) is 0 Å². The van der Waals surface area contributed by atoms with Crippen molar-refractivity contribution < 1.29 is 9.90 Å². The molecule has 0 radical (unpaired) electrons. The minimum absolute atomic E-state index is 0.0863. The van der Waals surface area contributed by atoms with Gasteiger partial charge in [0, 0.05) is 6.54 Å². The van der Waals surface area contributed by atoms with Crippen LogP contribution >= 0.6 is 0 Å². The monoisotopic (exact) mass is 211 g/mol. The molecule has 0 spiro atoms. The normalized spacial score (nSPS) is 27.0. The summed E-state index contributed by atoms with van der Waals surface area (Å²) in [6, 6.07) is 0. The van der Waals surface area contributed by atoms with E-state index in [4.69, 9.17) is 5.11 Å². The first-order chi connectivity index (χ1) is 7.24. The average molecular weight is 211 g/mol. The molecule has 0 bridgehead atoms. The Morgan fingerprint density at radius 3 is 2.60 bits per heavy atom. The molecule has 0 unspecified atom stereocenters. The minimum Gasteiger partial charge on any atom is -0.481 e. The zero-order valence-corrected chi connectivity index (χ0v) is 9.41. The van der Waals surface area contributed by atoms with E-state index in [1.165, 1.54) is 0 Å². The molecule has 0 aromatic carbocycles. The molecule has 0 aliphatic heterocycles. The molecule has 2 N–H and O–H groups in total. The van der Waals surface area contributed by atoms with Gasteiger partial charge in [-0.25, -0.2) is 0 Å². The lowest BCUT2D eigenvalue weighted by Gasteiger charge is -2.26. The fourth-order valence-electron chi connectivity index (χ4n) is 2.10. The molecular weight excluding hydrogens is 190 g/mol. The number of carbonyl (C=O) groups is 1. The first kappa shape index (κ1) is 12.2. The van der Waals surface area contributed by atoms with Crippen LogP contribution in [0.25, 0.3) is 0 Å². The van der Waals surface area contributed by atoms with Crippen LogP contribution in [-0.2, 0) is 4.79 Å². The average Bonchev–Trinajstić information content (AvgIpc) is 2.25. The lowest BCUT2D eigenvalue weighted by Crippen LogP contribution is -2.28. The van der Waals surface area contributed by atoms with Crippen molar-refractivity contribution in [2.24, 2.45) is 11.8 Å². The number of hydrogen-bond donors (Lipinski definition) is 2. The van der Waals surface area contributed by atoms with E-state index in [0.29, 0.717) is 5.92 Å². The van der Waals surface area contributed by atoms with E-state index in [-0.39, 0.29) is 5.92 Å². The van der Waals surface area contributed by atoms with Crippen LogP contribution < -0.4 is 5.32 Å². The molecular formula is C12H21NO2. The van der Waals surface area contributed by atoms with Crippen molar-refractivity contribution in [3.63, 3.8) is 0 Å². The van der Waals surface area contributed by atoms with Crippen LogP contribution in [0.5, 0.6) is 0 Å². The van der Waals surface area contributed by atoms with E-state index in [1.807, 2.05) is 13.0 Å². The van der Waals surface area contributed by atoms with E-state index >= 15 is 0 Å². The van der Waals surface area contributed by atoms with E-state index < -0.39 is 5.97 Å². The molecule has 86 valence electrons. The first-order valence-electron chi connectivity index (χ1n) is 5.78. The Kier molecular flexibility index (Phi) is 5.40. The minimum atomic E-state index is -0.615. The lowest BCUT2D eigenvalue weighted by atomic mass is 9.82. The topological polar surface area (TPSA) is 49.3 Å². The van der Waals surface area contributed by atoms with Crippen molar-refractivity contribution in [2.75, 3.05) is 13.1 Å². The summed E-state index contributed by atoms with van der Waals surface area (Å²) in [6.07, 6.45) is 7.95. The molecule has 0 aromatic heterocycles. The van der Waals surface area contributed by atoms with Gasteiger partial charge in [-0.05, 0) is 45.1 Å². The Labute approximate surface area is 91.6 Å². The van der Waals surface area contributed by atoms with Gasteiger partial charge in [-0.1, -0.05) is 12.2 Å². The van der Waals surface area contributed by atoms with Crippen molar-refractivity contribution in [3.05, 3.63) is 12.2 Å². The Morgan fingerprint density at radius 1 is 1.40 bits per heavy atom. The highest BCUT2D eigenvalue weighted by atomic mass is 16.4. The van der Waals surface area contributed by atoms with Crippen LogP contribution in [-0.4, -0.2) is 24.2 Å². The van der Waals surface area contributed by atoms with Gasteiger partial charge in [-0.2, -0.15) is 0 Å². The lowest BCUT2D eigenvalue weighted by molar-refractivity contribution is -0.143. The Hall–Kier alpha value is -0.830. The number of carboxylic acid groups (broad SMARTS) is 1. The largest absolute Gasteiger partial charge is 0.481 e. The zero-order valence-electron chi connectivity index (χ0n) is 9.41. The SMILES string of the molecule is CC=CCNCC1CCC(C(=O)O)CC1. The van der Waals surface area contributed by atoms with Crippen molar-refractivity contribution in [3.8, 4) is 0 Å². The third-order valence-electron chi connectivity index (χ3n) is 3.13. The molecule has 1 fully saturated rings. The maximum absolute atomic E-state index is 10.7. The summed E-state index contributed by atoms with van der Waals surface area (Å²) >= 11 is 0. The van der Waals surface area contributed by atoms with Gasteiger partial charge in [-0.15, -0.1) is 0 Å². The van der Waals surface area contributed by atoms with E-state index in [2.05, 4.69) is 11.4 Å². The molecule has 0 aromatic rings. The zero-order chi connectivity index (χ0) is 11.1. The molecule has 0 heterocycles. The van der Waals surface area contributed by atoms with Crippen molar-refractivity contribution in [1.82, 2.24) is 5.32 Å². The van der Waals surface area contributed by atoms with Crippen molar-refractivity contribution in [2.45, 2.75) is 32.6 Å². The van der Waals surface area contributed by atoms with Gasteiger partial charge in [-0.3, -0.25) is 4.79 Å². The van der Waals surface area contributed by atoms with Crippen LogP contribution in [0.15, 0.2) is 12.2 Å². The summed E-state index contributed by atoms with van der Waals surface area (Å²) in [5.41, 5.74) is 0. The smallest absolute Gasteiger partial charge is 0.306 e. The molecule has 0 saturated heterocycles. The molecule has 1 aliphatic carbocycles. The Balaban J connectivity index is 2.12. The molecule has 1 saturated carbocycles. The highest BCUT2D eigenvalue weighted by Gasteiger charge is 2.25. The molecule has 0 atom stereocenters. The van der Waals surface area contributed by atoms with Crippen LogP contribution in [0.2, 0.25) is 0 Å². The second kappa shape index (κ2) is 6.62. The predicted octanol–water partition coefficient (Wildman–Crippen LogP) is 2.04. The van der Waals surface area contributed by atoms with Crippen LogP contribution in [0.3, 0.4) is 0 Å². The number of hydrogen-bond acceptors (Lipinski definition) is 2. The maximum Gasteiger partial charge on any atom is 0.306 e. The second-order valence-corrected chi connectivity index (χ2v) is 4.28. The molecule has 3 nitrogen and oxygen atoms in total. The van der Waals surface area contributed by atoms with Gasteiger partial charge in [0.25, 0.3) is 0 Å². The van der Waals surface area contributed by atoms with Gasteiger partial charge in [0.15, 0.2) is 0 Å². The number of rotatable bonds is 5. The number of aliphatic carboxylic acids is 1. The maximum atomic E-state index is 10.7. The highest BCUT2D eigenvalue weighted by molar-refractivity contribution is 5.69. The van der Waals surface area contributed by atoms with Crippen molar-refractivity contribution >= 4 is 5.97 Å². The molecule has 15 heavy (non-hydrogen) atoms. The van der Waals surface area contributed by atoms with E-state index in [1.54, 1.807) is 0 Å². The summed E-state index contributed by atoms with van der Waals surface area (Å²) < 4.78 is 0. The van der Waals surface area contributed by atoms with E-state index in [9.17, 15) is 4.79 Å². The number of allylic oxidation sites excluding steroid dienone is 1. The van der Waals surface area contributed by atoms with Crippen LogP contribution in [0, 0.1) is 11.8 Å². The third-order valence-corrected chi connectivity index (χ3v) is 3.13. The quantitative estimate of drug-likeness (QED) is 0.540. The summed E-state index contributed by atoms with van der Waals surface area (Å²) in [5, 5.41) is 12.2. The van der Waals surface area contributed by atoms with Gasteiger partial charge in [0.05, 0.1) is 5.92 Å². The summed E-state index contributed by atoms with van der Waals surface area (Å²) in [4.78, 5) is 10.7. The highest BCUT2D eigenvalue weighted by Crippen LogP contribution is 2.28. The standard InChI is InChI=1S/C12H21NO2/c1-2-3-8-13-9-10-4-6-11(7-5-10)12(14)15/h2-3,10-11,13H,4-9H2,1H3,(H,14,15). The van der Waals surface area contributed by atoms with Crippen LogP contribution in [0.1, 0.15) is 32.6 Å². The molecule has 1 aliphatic rings. The first-order valence-corrected chi connectivity index (χ1v) is 5.78. The summed E-state index contributed by atoms with van der Waals surface area (Å²) in [6.45, 7) is 3.96. The summed E-state index contributed by atoms with van der Waals surface area (Å²) in [7, 11) is 0. The molecule has 0 amide bonds. The fourth-order valence-corrected chi connectivity index (χ4v) is 2.10. The number of carboxylic acids is 1. The Morgan fingerprint density at radius 2 is 2.07 bits per heavy atom. The van der Waals surface area contributed by atoms with Gasteiger partial charge in [0.2, 0.25) is 0 Å². The third kappa shape index (κ3) is 4.47. The van der Waals surface area contributed by atoms with E-state index in [0.717, 1.165) is 38.8 Å². The van der Waals surface area contributed by atoms with Crippen LogP contribution in [0.4, 0.5) is 0 Å². The fraction of sp³-hybridized carbons (Fsp3) is 0.750. The van der Waals surface area contributed by atoms with Gasteiger partial charge < -0.3 is 10.4 Å². The van der Waals surface area contributed by atoms with Crippen molar-refractivity contribution in [1.29, 1.82) is 0 Å². The summed E-state index contributed by atoms with van der Waals surface area (Å²) in [5.74, 6) is -0.0297. The molecule has 1 rings (SSSR count). The Bertz CT molecular complexity index is 218.